The lowest BCUT2D eigenvalue weighted by Crippen LogP contribution is -2.11. The largest absolute Gasteiger partial charge is 0.397 e. The second kappa shape index (κ2) is 2.40. The van der Waals surface area contributed by atoms with E-state index in [-0.39, 0.29) is 0 Å². The summed E-state index contributed by atoms with van der Waals surface area (Å²) in [4.78, 5) is 0. The summed E-state index contributed by atoms with van der Waals surface area (Å²) in [6, 6.07) is 0. The van der Waals surface area contributed by atoms with Crippen molar-refractivity contribution in [1.29, 1.82) is 0 Å². The van der Waals surface area contributed by atoms with Gasteiger partial charge < -0.3 is 0 Å². The number of hydrogen-bond acceptors (Lipinski definition) is 1. The summed E-state index contributed by atoms with van der Waals surface area (Å²) in [7, 11) is 0. The van der Waals surface area contributed by atoms with Crippen molar-refractivity contribution in [3.05, 3.63) is 0 Å². The standard InChI is InChI=1S/C5H7F3S/c6-5(7,8)3-9-4-1-2-4/h4H,1-3H2. The second-order valence-electron chi connectivity index (χ2n) is 2.13. The molecule has 0 nitrogen and oxygen atoms in total. The molecule has 1 aliphatic carbocycles. The van der Waals surface area contributed by atoms with E-state index in [1.807, 2.05) is 0 Å². The molecule has 0 spiro atoms. The van der Waals surface area contributed by atoms with E-state index in [0.29, 0.717) is 5.25 Å². The molecule has 0 N–H and O–H groups in total. The van der Waals surface area contributed by atoms with Gasteiger partial charge in [-0.1, -0.05) is 0 Å². The fraction of sp³-hybridized carbons (Fsp3) is 1.00. The van der Waals surface area contributed by atoms with E-state index in [0.717, 1.165) is 24.6 Å². The highest BCUT2D eigenvalue weighted by molar-refractivity contribution is 8.00. The van der Waals surface area contributed by atoms with Crippen LogP contribution in [0.2, 0.25) is 0 Å². The summed E-state index contributed by atoms with van der Waals surface area (Å²) < 4.78 is 34.3. The maximum absolute atomic E-state index is 11.4. The normalized spacial score (nSPS) is 20.3. The Morgan fingerprint density at radius 2 is 1.89 bits per heavy atom. The van der Waals surface area contributed by atoms with E-state index in [4.69, 9.17) is 0 Å². The lowest BCUT2D eigenvalue weighted by molar-refractivity contribution is -0.105. The van der Waals surface area contributed by atoms with E-state index in [1.165, 1.54) is 0 Å². The molecule has 0 aromatic rings. The van der Waals surface area contributed by atoms with E-state index in [2.05, 4.69) is 0 Å². The van der Waals surface area contributed by atoms with Crippen molar-refractivity contribution >= 4 is 11.8 Å². The smallest absolute Gasteiger partial charge is 0.170 e. The Hall–Kier alpha value is 0.140. The van der Waals surface area contributed by atoms with Crippen LogP contribution in [0.3, 0.4) is 0 Å². The highest BCUT2D eigenvalue weighted by atomic mass is 32.2. The molecule has 1 fully saturated rings. The Bertz CT molecular complexity index is 94.9. The van der Waals surface area contributed by atoms with Crippen LogP contribution in [0.1, 0.15) is 12.8 Å². The zero-order chi connectivity index (χ0) is 6.91. The maximum atomic E-state index is 11.4. The van der Waals surface area contributed by atoms with Crippen LogP contribution in [0.15, 0.2) is 0 Å². The molecule has 1 rings (SSSR count). The molecule has 9 heavy (non-hydrogen) atoms. The molecule has 0 heterocycles. The SMILES string of the molecule is FC(F)(F)CSC1CC1. The predicted octanol–water partition coefficient (Wildman–Crippen LogP) is 2.44. The zero-order valence-electron chi connectivity index (χ0n) is 4.74. The monoisotopic (exact) mass is 156 g/mol. The third kappa shape index (κ3) is 3.67. The van der Waals surface area contributed by atoms with Gasteiger partial charge >= 0.3 is 6.18 Å². The molecule has 0 aromatic carbocycles. The average molecular weight is 156 g/mol. The van der Waals surface area contributed by atoms with Crippen LogP contribution in [0, 0.1) is 0 Å². The summed E-state index contributed by atoms with van der Waals surface area (Å²) in [5.74, 6) is -0.669. The molecule has 0 radical (unpaired) electrons. The Morgan fingerprint density at radius 3 is 2.22 bits per heavy atom. The zero-order valence-corrected chi connectivity index (χ0v) is 5.56. The second-order valence-corrected chi connectivity index (χ2v) is 3.41. The quantitative estimate of drug-likeness (QED) is 0.591. The van der Waals surface area contributed by atoms with Crippen molar-refractivity contribution in [3.8, 4) is 0 Å². The molecular weight excluding hydrogens is 149 g/mol. The Labute approximate surface area is 55.8 Å². The van der Waals surface area contributed by atoms with Crippen LogP contribution in [0.4, 0.5) is 13.2 Å². The van der Waals surface area contributed by atoms with E-state index in [9.17, 15) is 13.2 Å². The van der Waals surface area contributed by atoms with Crippen LogP contribution in [0.5, 0.6) is 0 Å². The molecule has 1 saturated carbocycles. The highest BCUT2D eigenvalue weighted by Gasteiger charge is 2.32. The van der Waals surface area contributed by atoms with Crippen molar-refractivity contribution in [3.63, 3.8) is 0 Å². The minimum atomic E-state index is -3.97. The Balaban J connectivity index is 2.03. The number of hydrogen-bond donors (Lipinski definition) is 0. The van der Waals surface area contributed by atoms with E-state index in [1.54, 1.807) is 0 Å². The summed E-state index contributed by atoms with van der Waals surface area (Å²) >= 11 is 1.02. The molecule has 0 aromatic heterocycles. The fourth-order valence-corrected chi connectivity index (χ4v) is 1.34. The summed E-state index contributed by atoms with van der Waals surface area (Å²) in [6.45, 7) is 0. The van der Waals surface area contributed by atoms with Gasteiger partial charge in [-0.2, -0.15) is 13.2 Å². The minimum Gasteiger partial charge on any atom is -0.170 e. The molecule has 0 unspecified atom stereocenters. The van der Waals surface area contributed by atoms with Crippen LogP contribution in [-0.2, 0) is 0 Å². The summed E-state index contributed by atoms with van der Waals surface area (Å²) in [5.41, 5.74) is 0. The first-order chi connectivity index (χ1) is 4.08. The maximum Gasteiger partial charge on any atom is 0.397 e. The van der Waals surface area contributed by atoms with Crippen molar-refractivity contribution in [2.75, 3.05) is 5.75 Å². The van der Waals surface area contributed by atoms with Crippen molar-refractivity contribution in [1.82, 2.24) is 0 Å². The molecule has 0 atom stereocenters. The van der Waals surface area contributed by atoms with Gasteiger partial charge in [0.2, 0.25) is 0 Å². The highest BCUT2D eigenvalue weighted by Crippen LogP contribution is 2.37. The van der Waals surface area contributed by atoms with Gasteiger partial charge in [-0.05, 0) is 12.8 Å². The number of rotatable bonds is 2. The number of alkyl halides is 3. The van der Waals surface area contributed by atoms with Crippen molar-refractivity contribution in [2.24, 2.45) is 0 Å². The third-order valence-electron chi connectivity index (χ3n) is 1.01. The van der Waals surface area contributed by atoms with Crippen molar-refractivity contribution in [2.45, 2.75) is 24.3 Å². The lowest BCUT2D eigenvalue weighted by atomic mass is 10.8. The average Bonchev–Trinajstić information content (AvgIpc) is 2.38. The van der Waals surface area contributed by atoms with Crippen LogP contribution < -0.4 is 0 Å². The first kappa shape index (κ1) is 7.25. The molecule has 1 aliphatic rings. The Morgan fingerprint density at radius 1 is 1.33 bits per heavy atom. The molecule has 54 valence electrons. The van der Waals surface area contributed by atoms with Gasteiger partial charge in [0.15, 0.2) is 0 Å². The molecule has 0 bridgehead atoms. The van der Waals surface area contributed by atoms with Gasteiger partial charge in [-0.15, -0.1) is 11.8 Å². The molecule has 4 heteroatoms. The van der Waals surface area contributed by atoms with Crippen molar-refractivity contribution < 1.29 is 13.2 Å². The lowest BCUT2D eigenvalue weighted by Gasteiger charge is -2.02. The fourth-order valence-electron chi connectivity index (χ4n) is 0.447. The first-order valence-corrected chi connectivity index (χ1v) is 3.81. The minimum absolute atomic E-state index is 0.312. The molecule has 0 amide bonds. The summed E-state index contributed by atoms with van der Waals surface area (Å²) in [5, 5.41) is 0.312. The molecule has 0 saturated heterocycles. The van der Waals surface area contributed by atoms with Gasteiger partial charge in [-0.25, -0.2) is 0 Å². The van der Waals surface area contributed by atoms with Gasteiger partial charge in [0, 0.05) is 5.25 Å². The van der Waals surface area contributed by atoms with E-state index < -0.39 is 11.9 Å². The summed E-state index contributed by atoms with van der Waals surface area (Å²) in [6.07, 6.45) is -2.02. The van der Waals surface area contributed by atoms with Crippen LogP contribution in [0.25, 0.3) is 0 Å². The predicted molar refractivity (Wildman–Crippen MR) is 31.5 cm³/mol. The van der Waals surface area contributed by atoms with Crippen LogP contribution >= 0.6 is 11.8 Å². The molecular formula is C5H7F3S. The Kier molecular flexibility index (Phi) is 1.94. The first-order valence-electron chi connectivity index (χ1n) is 2.76. The van der Waals surface area contributed by atoms with Crippen LogP contribution in [-0.4, -0.2) is 17.2 Å². The van der Waals surface area contributed by atoms with Gasteiger partial charge in [0.25, 0.3) is 0 Å². The van der Waals surface area contributed by atoms with Gasteiger partial charge in [0.05, 0.1) is 5.75 Å². The third-order valence-corrected chi connectivity index (χ3v) is 2.44. The van der Waals surface area contributed by atoms with Gasteiger partial charge in [-0.3, -0.25) is 0 Å². The topological polar surface area (TPSA) is 0 Å². The molecule has 0 aliphatic heterocycles. The van der Waals surface area contributed by atoms with Gasteiger partial charge in [0.1, 0.15) is 0 Å². The number of halogens is 3. The number of thioether (sulfide) groups is 1. The van der Waals surface area contributed by atoms with E-state index >= 15 is 0 Å².